The number of hydrogen-bond donors (Lipinski definition) is 2. The van der Waals surface area contributed by atoms with E-state index in [9.17, 15) is 9.59 Å². The van der Waals surface area contributed by atoms with Crippen LogP contribution < -0.4 is 4.90 Å². The first-order chi connectivity index (χ1) is 14.1. The Labute approximate surface area is 170 Å². The molecule has 2 saturated heterocycles. The van der Waals surface area contributed by atoms with Gasteiger partial charge < -0.3 is 24.4 Å². The van der Waals surface area contributed by atoms with E-state index in [1.807, 2.05) is 25.1 Å². The molecular weight excluding hydrogens is 368 g/mol. The van der Waals surface area contributed by atoms with Crippen molar-refractivity contribution in [2.24, 2.45) is 0 Å². The maximum absolute atomic E-state index is 13.6. The molecule has 2 amide bonds. The molecule has 2 fully saturated rings. The molecule has 0 aliphatic carbocycles. The molecule has 154 valence electrons. The number of para-hydroxylation sites is 1. The number of nitrogens with one attached hydrogen (secondary N) is 2. The van der Waals surface area contributed by atoms with Crippen LogP contribution in [0.15, 0.2) is 24.3 Å². The first-order valence-corrected chi connectivity index (χ1v) is 10.7. The molecule has 29 heavy (non-hydrogen) atoms. The Kier molecular flexibility index (Phi) is 4.59. The van der Waals surface area contributed by atoms with E-state index in [1.54, 1.807) is 9.80 Å². The Morgan fingerprint density at radius 2 is 2.00 bits per heavy atom. The normalized spacial score (nSPS) is 25.4. The van der Waals surface area contributed by atoms with E-state index in [4.69, 9.17) is 4.74 Å². The highest BCUT2D eigenvalue weighted by atomic mass is 16.5. The third kappa shape index (κ3) is 2.95. The third-order valence-corrected chi connectivity index (χ3v) is 6.91. The van der Waals surface area contributed by atoms with Crippen molar-refractivity contribution in [2.75, 3.05) is 52.5 Å². The van der Waals surface area contributed by atoms with Crippen LogP contribution in [-0.2, 0) is 26.3 Å². The molecule has 0 spiro atoms. The second-order valence-corrected chi connectivity index (χ2v) is 8.58. The molecule has 3 aliphatic rings. The lowest BCUT2D eigenvalue weighted by molar-refractivity contribution is -0.908. The topological polar surface area (TPSA) is 70.1 Å². The fourth-order valence-electron chi connectivity index (χ4n) is 5.29. The summed E-state index contributed by atoms with van der Waals surface area (Å²) in [4.78, 5) is 35.2. The predicted molar refractivity (Wildman–Crippen MR) is 109 cm³/mol. The number of piperazine rings is 1. The van der Waals surface area contributed by atoms with E-state index >= 15 is 0 Å². The molecule has 1 aromatic carbocycles. The van der Waals surface area contributed by atoms with Crippen LogP contribution in [0.1, 0.15) is 24.6 Å². The van der Waals surface area contributed by atoms with Gasteiger partial charge >= 0.3 is 0 Å². The van der Waals surface area contributed by atoms with Gasteiger partial charge in [0.15, 0.2) is 5.54 Å². The second kappa shape index (κ2) is 7.15. The standard InChI is InChI=1S/C22H28N4O3/c1-22-20-17(16-5-2-3-6-18(16)23-20)7-10-26(22)19(27)15-25(21(22)28)9-4-8-24-11-13-29-14-12-24/h2-3,5-6,23H,4,7-15H2,1H3/p+1/t22-/m1/s1. The van der Waals surface area contributed by atoms with Gasteiger partial charge in [-0.05, 0) is 25.0 Å². The summed E-state index contributed by atoms with van der Waals surface area (Å²) in [6.45, 7) is 8.03. The van der Waals surface area contributed by atoms with Crippen LogP contribution in [0.25, 0.3) is 10.9 Å². The van der Waals surface area contributed by atoms with Crippen molar-refractivity contribution in [1.29, 1.82) is 0 Å². The van der Waals surface area contributed by atoms with Crippen LogP contribution >= 0.6 is 0 Å². The minimum absolute atomic E-state index is 0.0431. The zero-order chi connectivity index (χ0) is 20.0. The van der Waals surface area contributed by atoms with E-state index in [0.717, 1.165) is 62.3 Å². The Morgan fingerprint density at radius 1 is 1.21 bits per heavy atom. The SMILES string of the molecule is C[C@@]12C(=O)N(CCC[NH+]3CCOCC3)CC(=O)N1CCc1c2[nH]c2ccccc12. The maximum atomic E-state index is 13.6. The van der Waals surface area contributed by atoms with Crippen molar-refractivity contribution in [2.45, 2.75) is 25.3 Å². The number of aromatic amines is 1. The Bertz CT molecular complexity index is 949. The number of H-pyrrole nitrogens is 1. The average Bonchev–Trinajstić information content (AvgIpc) is 3.13. The molecule has 0 bridgehead atoms. The number of hydrogen-bond acceptors (Lipinski definition) is 3. The Hall–Kier alpha value is -2.38. The number of nitrogens with zero attached hydrogens (tertiary/aromatic N) is 2. The average molecular weight is 397 g/mol. The van der Waals surface area contributed by atoms with E-state index in [1.165, 1.54) is 10.5 Å². The number of carbonyl (C=O) groups excluding carboxylic acids is 2. The van der Waals surface area contributed by atoms with Crippen LogP contribution in [0.5, 0.6) is 0 Å². The summed E-state index contributed by atoms with van der Waals surface area (Å²) in [5.74, 6) is 0.0942. The van der Waals surface area contributed by atoms with Crippen molar-refractivity contribution in [1.82, 2.24) is 14.8 Å². The van der Waals surface area contributed by atoms with Gasteiger partial charge in [0.05, 0.1) is 32.0 Å². The quantitative estimate of drug-likeness (QED) is 0.758. The monoisotopic (exact) mass is 397 g/mol. The highest BCUT2D eigenvalue weighted by molar-refractivity contribution is 6.00. The van der Waals surface area contributed by atoms with Gasteiger partial charge in [0.2, 0.25) is 5.91 Å². The molecule has 1 aromatic heterocycles. The number of fused-ring (bicyclic) bond motifs is 5. The summed E-state index contributed by atoms with van der Waals surface area (Å²) < 4.78 is 5.42. The summed E-state index contributed by atoms with van der Waals surface area (Å²) in [5.41, 5.74) is 2.18. The van der Waals surface area contributed by atoms with Gasteiger partial charge in [0.1, 0.15) is 13.1 Å². The zero-order valence-electron chi connectivity index (χ0n) is 17.0. The summed E-state index contributed by atoms with van der Waals surface area (Å²) in [5, 5.41) is 1.16. The number of rotatable bonds is 4. The molecule has 0 unspecified atom stereocenters. The molecule has 2 aromatic rings. The zero-order valence-corrected chi connectivity index (χ0v) is 17.0. The number of ether oxygens (including phenoxy) is 1. The number of carbonyl (C=O) groups is 2. The van der Waals surface area contributed by atoms with Crippen molar-refractivity contribution in [3.63, 3.8) is 0 Å². The minimum Gasteiger partial charge on any atom is -0.370 e. The smallest absolute Gasteiger partial charge is 0.254 e. The lowest BCUT2D eigenvalue weighted by Gasteiger charge is -2.49. The molecule has 4 heterocycles. The lowest BCUT2D eigenvalue weighted by atomic mass is 9.83. The Balaban J connectivity index is 1.40. The number of benzene rings is 1. The molecular formula is C22H29N4O3+. The van der Waals surface area contributed by atoms with Crippen molar-refractivity contribution >= 4 is 22.7 Å². The van der Waals surface area contributed by atoms with Crippen molar-refractivity contribution < 1.29 is 19.2 Å². The molecule has 0 saturated carbocycles. The molecule has 2 N–H and O–H groups in total. The van der Waals surface area contributed by atoms with Gasteiger partial charge in [-0.1, -0.05) is 18.2 Å². The molecule has 0 radical (unpaired) electrons. The third-order valence-electron chi connectivity index (χ3n) is 6.91. The predicted octanol–water partition coefficient (Wildman–Crippen LogP) is -0.0848. The van der Waals surface area contributed by atoms with Crippen molar-refractivity contribution in [3.05, 3.63) is 35.5 Å². The summed E-state index contributed by atoms with van der Waals surface area (Å²) in [6, 6.07) is 8.17. The highest BCUT2D eigenvalue weighted by Gasteiger charge is 2.53. The number of amides is 2. The number of quaternary nitrogens is 1. The van der Waals surface area contributed by atoms with E-state index in [-0.39, 0.29) is 18.4 Å². The summed E-state index contributed by atoms with van der Waals surface area (Å²) in [7, 11) is 0. The number of aromatic nitrogens is 1. The first-order valence-electron chi connectivity index (χ1n) is 10.7. The molecule has 7 heteroatoms. The fourth-order valence-corrected chi connectivity index (χ4v) is 5.29. The summed E-state index contributed by atoms with van der Waals surface area (Å²) in [6.07, 6.45) is 1.69. The molecule has 1 atom stereocenters. The first kappa shape index (κ1) is 18.6. The van der Waals surface area contributed by atoms with Gasteiger partial charge in [-0.25, -0.2) is 0 Å². The highest BCUT2D eigenvalue weighted by Crippen LogP contribution is 2.41. The van der Waals surface area contributed by atoms with Gasteiger partial charge in [0.25, 0.3) is 5.91 Å². The number of morpholine rings is 1. The molecule has 3 aliphatic heterocycles. The van der Waals surface area contributed by atoms with Gasteiger partial charge in [-0.15, -0.1) is 0 Å². The van der Waals surface area contributed by atoms with Gasteiger partial charge in [0, 0.05) is 30.4 Å². The largest absolute Gasteiger partial charge is 0.370 e. The van der Waals surface area contributed by atoms with Crippen LogP contribution in [0, 0.1) is 0 Å². The molecule has 7 nitrogen and oxygen atoms in total. The lowest BCUT2D eigenvalue weighted by Crippen LogP contribution is -3.14. The minimum atomic E-state index is -0.937. The van der Waals surface area contributed by atoms with Gasteiger partial charge in [-0.2, -0.15) is 0 Å². The van der Waals surface area contributed by atoms with Crippen molar-refractivity contribution in [3.8, 4) is 0 Å². The van der Waals surface area contributed by atoms with Gasteiger partial charge in [-0.3, -0.25) is 9.59 Å². The van der Waals surface area contributed by atoms with Crippen LogP contribution in [-0.4, -0.2) is 79.1 Å². The van der Waals surface area contributed by atoms with Crippen LogP contribution in [0.3, 0.4) is 0 Å². The van der Waals surface area contributed by atoms with Crippen LogP contribution in [0.2, 0.25) is 0 Å². The van der Waals surface area contributed by atoms with E-state index in [2.05, 4.69) is 11.1 Å². The second-order valence-electron chi connectivity index (χ2n) is 8.58. The van der Waals surface area contributed by atoms with E-state index < -0.39 is 5.54 Å². The maximum Gasteiger partial charge on any atom is 0.254 e. The Morgan fingerprint density at radius 3 is 2.83 bits per heavy atom. The summed E-state index contributed by atoms with van der Waals surface area (Å²) >= 11 is 0. The fraction of sp³-hybridized carbons (Fsp3) is 0.545. The molecule has 5 rings (SSSR count). The van der Waals surface area contributed by atoms with Crippen LogP contribution in [0.4, 0.5) is 0 Å². The van der Waals surface area contributed by atoms with E-state index in [0.29, 0.717) is 13.1 Å².